The molecule has 1 aliphatic heterocycles. The topological polar surface area (TPSA) is 46.1 Å². The molecule has 0 aromatic carbocycles. The van der Waals surface area contributed by atoms with E-state index in [1.165, 1.54) is 0 Å². The van der Waals surface area contributed by atoms with Crippen LogP contribution in [-0.4, -0.2) is 27.3 Å². The molecule has 4 nitrogen and oxygen atoms in total. The lowest BCUT2D eigenvalue weighted by atomic mass is 10.1. The second-order valence-corrected chi connectivity index (χ2v) is 4.85. The lowest BCUT2D eigenvalue weighted by molar-refractivity contribution is 0.0733. The Morgan fingerprint density at radius 3 is 3.00 bits per heavy atom. The molecule has 19 heavy (non-hydrogen) atoms. The lowest BCUT2D eigenvalue weighted by Gasteiger charge is -2.28. The molecule has 2 aromatic rings. The molecule has 2 aromatic heterocycles. The Morgan fingerprint density at radius 2 is 2.21 bits per heavy atom. The van der Waals surface area contributed by atoms with Crippen molar-refractivity contribution in [3.8, 4) is 0 Å². The SMILES string of the molecule is O=C(c1cccnc1)N1CCc2nc(Cl)ccc2C1. The number of carbonyl (C=O) groups is 1. The number of fused-ring (bicyclic) bond motifs is 1. The van der Waals surface area contributed by atoms with Gasteiger partial charge in [0.2, 0.25) is 0 Å². The first-order valence-electron chi connectivity index (χ1n) is 6.07. The molecule has 0 unspecified atom stereocenters. The van der Waals surface area contributed by atoms with Crippen molar-refractivity contribution in [2.45, 2.75) is 13.0 Å². The fourth-order valence-corrected chi connectivity index (χ4v) is 2.40. The number of amides is 1. The molecule has 1 aliphatic rings. The van der Waals surface area contributed by atoms with Crippen LogP contribution in [0.15, 0.2) is 36.7 Å². The highest BCUT2D eigenvalue weighted by Crippen LogP contribution is 2.20. The van der Waals surface area contributed by atoms with Crippen molar-refractivity contribution < 1.29 is 4.79 Å². The Kier molecular flexibility index (Phi) is 3.17. The van der Waals surface area contributed by atoms with Gasteiger partial charge in [0.05, 0.1) is 5.56 Å². The predicted octanol–water partition coefficient (Wildman–Crippen LogP) is 2.33. The summed E-state index contributed by atoms with van der Waals surface area (Å²) in [6.07, 6.45) is 3.99. The largest absolute Gasteiger partial charge is 0.334 e. The molecule has 0 saturated carbocycles. The number of halogens is 1. The van der Waals surface area contributed by atoms with Crippen LogP contribution >= 0.6 is 11.6 Å². The fraction of sp³-hybridized carbons (Fsp3) is 0.214. The van der Waals surface area contributed by atoms with Crippen LogP contribution in [0.3, 0.4) is 0 Å². The van der Waals surface area contributed by atoms with Crippen molar-refractivity contribution in [3.63, 3.8) is 0 Å². The Bertz CT molecular complexity index is 615. The Hall–Kier alpha value is -1.94. The maximum Gasteiger partial charge on any atom is 0.255 e. The van der Waals surface area contributed by atoms with Crippen molar-refractivity contribution in [2.24, 2.45) is 0 Å². The highest BCUT2D eigenvalue weighted by molar-refractivity contribution is 6.29. The zero-order chi connectivity index (χ0) is 13.2. The van der Waals surface area contributed by atoms with Crippen LogP contribution in [0.25, 0.3) is 0 Å². The van der Waals surface area contributed by atoms with Crippen molar-refractivity contribution in [3.05, 3.63) is 58.6 Å². The fourth-order valence-electron chi connectivity index (χ4n) is 2.23. The molecule has 0 radical (unpaired) electrons. The molecular weight excluding hydrogens is 262 g/mol. The van der Waals surface area contributed by atoms with Crippen molar-refractivity contribution in [2.75, 3.05) is 6.54 Å². The van der Waals surface area contributed by atoms with Crippen molar-refractivity contribution >= 4 is 17.5 Å². The Balaban J connectivity index is 1.82. The summed E-state index contributed by atoms with van der Waals surface area (Å²) in [6.45, 7) is 1.24. The monoisotopic (exact) mass is 273 g/mol. The van der Waals surface area contributed by atoms with E-state index in [2.05, 4.69) is 9.97 Å². The Morgan fingerprint density at radius 1 is 1.32 bits per heavy atom. The summed E-state index contributed by atoms with van der Waals surface area (Å²) in [4.78, 5) is 22.4. The number of aromatic nitrogens is 2. The molecule has 1 amide bonds. The number of hydrogen-bond donors (Lipinski definition) is 0. The number of rotatable bonds is 1. The molecule has 0 N–H and O–H groups in total. The van der Waals surface area contributed by atoms with Crippen LogP contribution in [0.2, 0.25) is 5.15 Å². The smallest absolute Gasteiger partial charge is 0.255 e. The van der Waals surface area contributed by atoms with Crippen LogP contribution in [0.1, 0.15) is 21.6 Å². The minimum atomic E-state index is 0.00806. The summed E-state index contributed by atoms with van der Waals surface area (Å²) in [5.74, 6) is 0.00806. The van der Waals surface area contributed by atoms with Gasteiger partial charge in [-0.3, -0.25) is 9.78 Å². The van der Waals surface area contributed by atoms with E-state index in [4.69, 9.17) is 11.6 Å². The summed E-state index contributed by atoms with van der Waals surface area (Å²) >= 11 is 5.87. The first kappa shape index (κ1) is 12.1. The molecule has 3 rings (SSSR count). The molecule has 0 spiro atoms. The molecule has 0 saturated heterocycles. The summed E-state index contributed by atoms with van der Waals surface area (Å²) < 4.78 is 0. The normalized spacial score (nSPS) is 14.1. The summed E-state index contributed by atoms with van der Waals surface area (Å²) in [5.41, 5.74) is 2.67. The second-order valence-electron chi connectivity index (χ2n) is 4.46. The average molecular weight is 274 g/mol. The van der Waals surface area contributed by atoms with Crippen LogP contribution in [0.4, 0.5) is 0 Å². The molecule has 0 bridgehead atoms. The zero-order valence-corrected chi connectivity index (χ0v) is 11.0. The molecule has 3 heterocycles. The van der Waals surface area contributed by atoms with Crippen LogP contribution in [0.5, 0.6) is 0 Å². The predicted molar refractivity (Wildman–Crippen MR) is 71.9 cm³/mol. The lowest BCUT2D eigenvalue weighted by Crippen LogP contribution is -2.36. The average Bonchev–Trinajstić information content (AvgIpc) is 2.47. The summed E-state index contributed by atoms with van der Waals surface area (Å²) in [6, 6.07) is 7.25. The third-order valence-electron chi connectivity index (χ3n) is 3.21. The Labute approximate surface area is 116 Å². The van der Waals surface area contributed by atoms with Gasteiger partial charge in [-0.1, -0.05) is 17.7 Å². The van der Waals surface area contributed by atoms with E-state index in [1.54, 1.807) is 30.6 Å². The maximum absolute atomic E-state index is 12.3. The van der Waals surface area contributed by atoms with Crippen LogP contribution < -0.4 is 0 Å². The molecule has 0 atom stereocenters. The van der Waals surface area contributed by atoms with E-state index in [1.807, 2.05) is 11.0 Å². The number of carbonyl (C=O) groups excluding carboxylic acids is 1. The van der Waals surface area contributed by atoms with Crippen LogP contribution in [0, 0.1) is 0 Å². The molecule has 0 fully saturated rings. The van der Waals surface area contributed by atoms with Gasteiger partial charge >= 0.3 is 0 Å². The van der Waals surface area contributed by atoms with E-state index in [-0.39, 0.29) is 5.91 Å². The van der Waals surface area contributed by atoms with Gasteiger partial charge in [0.1, 0.15) is 5.15 Å². The zero-order valence-electron chi connectivity index (χ0n) is 10.2. The van der Waals surface area contributed by atoms with Gasteiger partial charge in [-0.05, 0) is 23.8 Å². The minimum Gasteiger partial charge on any atom is -0.334 e. The first-order chi connectivity index (χ1) is 9.24. The molecule has 0 aliphatic carbocycles. The van der Waals surface area contributed by atoms with Crippen molar-refractivity contribution in [1.29, 1.82) is 0 Å². The van der Waals surface area contributed by atoms with E-state index in [0.717, 1.165) is 17.7 Å². The quantitative estimate of drug-likeness (QED) is 0.749. The highest BCUT2D eigenvalue weighted by atomic mass is 35.5. The highest BCUT2D eigenvalue weighted by Gasteiger charge is 2.22. The number of hydrogen-bond acceptors (Lipinski definition) is 3. The third kappa shape index (κ3) is 2.44. The summed E-state index contributed by atoms with van der Waals surface area (Å²) in [7, 11) is 0. The van der Waals surface area contributed by atoms with E-state index < -0.39 is 0 Å². The molecule has 96 valence electrons. The second kappa shape index (κ2) is 4.97. The van der Waals surface area contributed by atoms with E-state index in [9.17, 15) is 4.79 Å². The third-order valence-corrected chi connectivity index (χ3v) is 3.42. The number of pyridine rings is 2. The van der Waals surface area contributed by atoms with E-state index in [0.29, 0.717) is 23.8 Å². The van der Waals surface area contributed by atoms with Gasteiger partial charge in [0.15, 0.2) is 0 Å². The van der Waals surface area contributed by atoms with Gasteiger partial charge in [0.25, 0.3) is 5.91 Å². The molecular formula is C14H12ClN3O. The van der Waals surface area contributed by atoms with Gasteiger partial charge in [0, 0.05) is 37.6 Å². The first-order valence-corrected chi connectivity index (χ1v) is 6.45. The van der Waals surface area contributed by atoms with Crippen molar-refractivity contribution in [1.82, 2.24) is 14.9 Å². The minimum absolute atomic E-state index is 0.00806. The van der Waals surface area contributed by atoms with Crippen LogP contribution in [-0.2, 0) is 13.0 Å². The summed E-state index contributed by atoms with van der Waals surface area (Å²) in [5, 5.41) is 0.505. The van der Waals surface area contributed by atoms with Gasteiger partial charge < -0.3 is 4.90 Å². The standard InChI is InChI=1S/C14H12ClN3O/c15-13-4-3-11-9-18(7-5-12(11)17-13)14(19)10-2-1-6-16-8-10/h1-4,6,8H,5,7,9H2. The van der Waals surface area contributed by atoms with E-state index >= 15 is 0 Å². The maximum atomic E-state index is 12.3. The van der Waals surface area contributed by atoms with Gasteiger partial charge in [-0.15, -0.1) is 0 Å². The molecule has 5 heteroatoms. The number of nitrogens with zero attached hydrogens (tertiary/aromatic N) is 3. The van der Waals surface area contributed by atoms with Gasteiger partial charge in [-0.2, -0.15) is 0 Å². The van der Waals surface area contributed by atoms with Gasteiger partial charge in [-0.25, -0.2) is 4.98 Å².